The van der Waals surface area contributed by atoms with Gasteiger partial charge in [-0.05, 0) is 70.4 Å². The van der Waals surface area contributed by atoms with Crippen molar-refractivity contribution in [3.8, 4) is 0 Å². The first-order valence-electron chi connectivity index (χ1n) is 8.16. The first kappa shape index (κ1) is 18.6. The van der Waals surface area contributed by atoms with Gasteiger partial charge in [0.25, 0.3) is 0 Å². The molecule has 5 heteroatoms. The molecular weight excluding hydrogens is 318 g/mol. The number of ketones is 2. The van der Waals surface area contributed by atoms with Gasteiger partial charge < -0.3 is 9.72 Å². The van der Waals surface area contributed by atoms with Gasteiger partial charge in [0.2, 0.25) is 5.78 Å². The number of carbonyl (C=O) groups is 3. The Labute approximate surface area is 147 Å². The molecular formula is C20H23NO4. The first-order valence-corrected chi connectivity index (χ1v) is 8.16. The van der Waals surface area contributed by atoms with Crippen molar-refractivity contribution in [1.29, 1.82) is 0 Å². The lowest BCUT2D eigenvalue weighted by Gasteiger charge is -2.13. The second-order valence-corrected chi connectivity index (χ2v) is 6.39. The Balaban J connectivity index is 2.20. The molecule has 0 amide bonds. The average molecular weight is 341 g/mol. The fourth-order valence-electron chi connectivity index (χ4n) is 2.88. The summed E-state index contributed by atoms with van der Waals surface area (Å²) in [7, 11) is 0. The molecule has 0 saturated carbocycles. The molecule has 0 saturated heterocycles. The number of benzene rings is 1. The summed E-state index contributed by atoms with van der Waals surface area (Å²) in [6.45, 7) is 10.3. The van der Waals surface area contributed by atoms with Crippen LogP contribution in [-0.4, -0.2) is 28.6 Å². The second-order valence-electron chi connectivity index (χ2n) is 6.39. The molecule has 2 aromatic rings. The van der Waals surface area contributed by atoms with E-state index in [2.05, 4.69) is 4.98 Å². The van der Waals surface area contributed by atoms with Gasteiger partial charge in [-0.3, -0.25) is 9.59 Å². The Morgan fingerprint density at radius 3 is 2.20 bits per heavy atom. The van der Waals surface area contributed by atoms with Crippen LogP contribution in [0.4, 0.5) is 0 Å². The summed E-state index contributed by atoms with van der Waals surface area (Å²) in [6.07, 6.45) is -0.953. The molecule has 25 heavy (non-hydrogen) atoms. The quantitative estimate of drug-likeness (QED) is 0.661. The number of hydrogen-bond donors (Lipinski definition) is 1. The molecule has 5 nitrogen and oxygen atoms in total. The summed E-state index contributed by atoms with van der Waals surface area (Å²) in [6, 6.07) is 5.27. The topological polar surface area (TPSA) is 76.2 Å². The summed E-state index contributed by atoms with van der Waals surface area (Å²) in [5, 5.41) is 0. The minimum Gasteiger partial charge on any atom is -0.451 e. The number of esters is 1. The van der Waals surface area contributed by atoms with Gasteiger partial charge in [0.15, 0.2) is 11.9 Å². The number of Topliss-reactive ketones (excluding diaryl/α,β-unsaturated/α-hetero) is 2. The largest absolute Gasteiger partial charge is 0.451 e. The monoisotopic (exact) mass is 341 g/mol. The van der Waals surface area contributed by atoms with Gasteiger partial charge in [0, 0.05) is 11.3 Å². The predicted octanol–water partition coefficient (Wildman–Crippen LogP) is 3.88. The molecule has 0 aliphatic heterocycles. The highest BCUT2D eigenvalue weighted by molar-refractivity contribution is 6.05. The van der Waals surface area contributed by atoms with E-state index < -0.39 is 12.1 Å². The molecule has 1 heterocycles. The number of ether oxygens (including phenoxy) is 1. The summed E-state index contributed by atoms with van der Waals surface area (Å²) in [5.74, 6) is -1.01. The van der Waals surface area contributed by atoms with E-state index in [0.717, 1.165) is 11.1 Å². The zero-order chi connectivity index (χ0) is 18.9. The molecule has 1 aromatic heterocycles. The number of hydrogen-bond acceptors (Lipinski definition) is 4. The molecule has 0 bridgehead atoms. The van der Waals surface area contributed by atoms with E-state index in [-0.39, 0.29) is 11.6 Å². The highest BCUT2D eigenvalue weighted by atomic mass is 16.5. The summed E-state index contributed by atoms with van der Waals surface area (Å²) in [4.78, 5) is 39.5. The normalized spacial score (nSPS) is 11.9. The van der Waals surface area contributed by atoms with Gasteiger partial charge in [-0.25, -0.2) is 4.79 Å². The van der Waals surface area contributed by atoms with Crippen molar-refractivity contribution in [2.75, 3.05) is 0 Å². The lowest BCUT2D eigenvalue weighted by Crippen LogP contribution is -2.25. The zero-order valence-corrected chi connectivity index (χ0v) is 15.4. The van der Waals surface area contributed by atoms with Gasteiger partial charge in [-0.15, -0.1) is 0 Å². The molecule has 0 aliphatic rings. The predicted molar refractivity (Wildman–Crippen MR) is 95.4 cm³/mol. The van der Waals surface area contributed by atoms with Crippen LogP contribution >= 0.6 is 0 Å². The SMILES string of the molecule is CC(=O)c1c(C)[nH]c(C(=O)[C@H](C)OC(=O)c2ccc(C)c(C)c2)c1C. The van der Waals surface area contributed by atoms with Crippen LogP contribution in [0.15, 0.2) is 18.2 Å². The van der Waals surface area contributed by atoms with Crippen molar-refractivity contribution in [1.82, 2.24) is 4.98 Å². The van der Waals surface area contributed by atoms with Crippen LogP contribution in [0.2, 0.25) is 0 Å². The molecule has 0 unspecified atom stereocenters. The third-order valence-corrected chi connectivity index (χ3v) is 4.43. The lowest BCUT2D eigenvalue weighted by atomic mass is 10.0. The van der Waals surface area contributed by atoms with E-state index in [9.17, 15) is 14.4 Å². The zero-order valence-electron chi connectivity index (χ0n) is 15.4. The Morgan fingerprint density at radius 2 is 1.68 bits per heavy atom. The number of rotatable bonds is 5. The minimum atomic E-state index is -0.953. The van der Waals surface area contributed by atoms with Gasteiger partial charge >= 0.3 is 5.97 Å². The van der Waals surface area contributed by atoms with Crippen LogP contribution in [0.3, 0.4) is 0 Å². The number of H-pyrrole nitrogens is 1. The molecule has 1 aromatic carbocycles. The van der Waals surface area contributed by atoms with Crippen molar-refractivity contribution in [2.24, 2.45) is 0 Å². The molecule has 0 spiro atoms. The standard InChI is InChI=1S/C20H23NO4/c1-10-7-8-16(9-11(10)2)20(24)25-15(6)19(23)18-12(3)17(14(5)22)13(4)21-18/h7-9,15,21H,1-6H3/t15-/m0/s1. The van der Waals surface area contributed by atoms with Crippen molar-refractivity contribution < 1.29 is 19.1 Å². The fourth-order valence-corrected chi connectivity index (χ4v) is 2.88. The Bertz CT molecular complexity index is 861. The Hall–Kier alpha value is -2.69. The smallest absolute Gasteiger partial charge is 0.338 e. The first-order chi connectivity index (χ1) is 11.6. The molecule has 0 aliphatic carbocycles. The lowest BCUT2D eigenvalue weighted by molar-refractivity contribution is 0.0317. The van der Waals surface area contributed by atoms with E-state index in [1.165, 1.54) is 13.8 Å². The third-order valence-electron chi connectivity index (χ3n) is 4.43. The average Bonchev–Trinajstić information content (AvgIpc) is 2.83. The fraction of sp³-hybridized carbons (Fsp3) is 0.350. The number of nitrogens with one attached hydrogen (secondary N) is 1. The molecule has 1 N–H and O–H groups in total. The second kappa shape index (κ2) is 7.05. The van der Waals surface area contributed by atoms with Crippen LogP contribution in [0.25, 0.3) is 0 Å². The maximum atomic E-state index is 12.6. The van der Waals surface area contributed by atoms with Gasteiger partial charge in [0.1, 0.15) is 0 Å². The van der Waals surface area contributed by atoms with Gasteiger partial charge in [-0.2, -0.15) is 0 Å². The van der Waals surface area contributed by atoms with Crippen molar-refractivity contribution in [2.45, 2.75) is 47.6 Å². The molecule has 2 rings (SSSR count). The van der Waals surface area contributed by atoms with Crippen LogP contribution in [0.1, 0.15) is 67.4 Å². The van der Waals surface area contributed by atoms with E-state index in [0.29, 0.717) is 28.1 Å². The summed E-state index contributed by atoms with van der Waals surface area (Å²) < 4.78 is 5.32. The van der Waals surface area contributed by atoms with Crippen molar-refractivity contribution >= 4 is 17.5 Å². The molecule has 1 atom stereocenters. The molecule has 132 valence electrons. The Kier molecular flexibility index (Phi) is 5.26. The van der Waals surface area contributed by atoms with Crippen LogP contribution < -0.4 is 0 Å². The van der Waals surface area contributed by atoms with Crippen LogP contribution in [0.5, 0.6) is 0 Å². The number of carbonyl (C=O) groups excluding carboxylic acids is 3. The molecule has 0 radical (unpaired) electrons. The van der Waals surface area contributed by atoms with E-state index in [1.807, 2.05) is 19.9 Å². The van der Waals surface area contributed by atoms with Crippen molar-refractivity contribution in [3.05, 3.63) is 57.4 Å². The Morgan fingerprint density at radius 1 is 1.04 bits per heavy atom. The van der Waals surface area contributed by atoms with Gasteiger partial charge in [0.05, 0.1) is 11.3 Å². The minimum absolute atomic E-state index is 0.106. The van der Waals surface area contributed by atoms with E-state index in [1.54, 1.807) is 26.0 Å². The van der Waals surface area contributed by atoms with E-state index in [4.69, 9.17) is 4.74 Å². The number of aromatic amines is 1. The third kappa shape index (κ3) is 3.71. The number of aryl methyl sites for hydroxylation is 3. The van der Waals surface area contributed by atoms with Gasteiger partial charge in [-0.1, -0.05) is 6.07 Å². The maximum Gasteiger partial charge on any atom is 0.338 e. The summed E-state index contributed by atoms with van der Waals surface area (Å²) in [5.41, 5.74) is 4.51. The summed E-state index contributed by atoms with van der Waals surface area (Å²) >= 11 is 0. The van der Waals surface area contributed by atoms with E-state index >= 15 is 0 Å². The number of aromatic nitrogens is 1. The van der Waals surface area contributed by atoms with Crippen LogP contribution in [0, 0.1) is 27.7 Å². The molecule has 0 fully saturated rings. The maximum absolute atomic E-state index is 12.6. The van der Waals surface area contributed by atoms with Crippen molar-refractivity contribution in [3.63, 3.8) is 0 Å². The highest BCUT2D eigenvalue weighted by Gasteiger charge is 2.26. The highest BCUT2D eigenvalue weighted by Crippen LogP contribution is 2.21. The van der Waals surface area contributed by atoms with Crippen LogP contribution in [-0.2, 0) is 4.74 Å².